The number of rotatable bonds is 4. The number of hydrogen-bond acceptors (Lipinski definition) is 5. The second-order valence-corrected chi connectivity index (χ2v) is 5.54. The van der Waals surface area contributed by atoms with Gasteiger partial charge in [-0.15, -0.1) is 0 Å². The number of aromatic nitrogens is 2. The molecule has 0 spiro atoms. The Bertz CT molecular complexity index is 892. The predicted octanol–water partition coefficient (Wildman–Crippen LogP) is 1.85. The maximum Gasteiger partial charge on any atom is 0.331 e. The Labute approximate surface area is 151 Å². The summed E-state index contributed by atoms with van der Waals surface area (Å²) >= 11 is 0. The summed E-state index contributed by atoms with van der Waals surface area (Å²) in [4.78, 5) is 15.0. The molecule has 1 aliphatic heterocycles. The molecule has 2 heterocycles. The molecule has 1 aliphatic rings. The first-order chi connectivity index (χ1) is 12.5. The average molecular weight is 358 g/mol. The second kappa shape index (κ2) is 8.36. The lowest BCUT2D eigenvalue weighted by molar-refractivity contribution is 0.574. The van der Waals surface area contributed by atoms with Crippen LogP contribution in [0.5, 0.6) is 0 Å². The Kier molecular flexibility index (Phi) is 6.20. The Morgan fingerprint density at radius 1 is 1.38 bits per heavy atom. The van der Waals surface area contributed by atoms with Crippen molar-refractivity contribution in [1.29, 1.82) is 5.26 Å². The number of hydrogen-bond donors (Lipinski definition) is 4. The Morgan fingerprint density at radius 3 is 2.73 bits per heavy atom. The minimum Gasteiger partial charge on any atom is -0.384 e. The van der Waals surface area contributed by atoms with E-state index in [0.717, 1.165) is 0 Å². The summed E-state index contributed by atoms with van der Waals surface area (Å²) in [6.45, 7) is 4.00. The highest BCUT2D eigenvalue weighted by Crippen LogP contribution is 2.30. The molecule has 0 amide bonds. The van der Waals surface area contributed by atoms with E-state index in [-0.39, 0.29) is 24.6 Å². The highest BCUT2D eigenvalue weighted by Gasteiger charge is 2.29. The van der Waals surface area contributed by atoms with Crippen molar-refractivity contribution in [3.05, 3.63) is 58.0 Å². The monoisotopic (exact) mass is 358 g/mol. The summed E-state index contributed by atoms with van der Waals surface area (Å²) in [6.07, 6.45) is 3.39. The van der Waals surface area contributed by atoms with Crippen LogP contribution < -0.4 is 22.5 Å². The van der Waals surface area contributed by atoms with Gasteiger partial charge in [0.1, 0.15) is 11.6 Å². The number of nitriles is 1. The smallest absolute Gasteiger partial charge is 0.331 e. The van der Waals surface area contributed by atoms with E-state index in [1.165, 1.54) is 16.7 Å². The molecule has 26 heavy (non-hydrogen) atoms. The summed E-state index contributed by atoms with van der Waals surface area (Å²) < 4.78 is 15.6. The number of aromatic amines is 1. The summed E-state index contributed by atoms with van der Waals surface area (Å²) in [5.41, 5.74) is 12.6. The highest BCUT2D eigenvalue weighted by atomic mass is 19.1. The minimum absolute atomic E-state index is 0.141. The molecule has 0 saturated heterocycles. The molecule has 138 valence electrons. The average Bonchev–Trinajstić information content (AvgIpc) is 3.17. The molecule has 0 aliphatic carbocycles. The zero-order chi connectivity index (χ0) is 19.3. The van der Waals surface area contributed by atoms with E-state index in [1.54, 1.807) is 18.3 Å². The SMILES string of the molecule is CC.N#CCCc1c(F)cccc1-n1c(C2C=CNC2N)c(N)[nH]c1=O. The van der Waals surface area contributed by atoms with E-state index in [9.17, 15) is 9.18 Å². The van der Waals surface area contributed by atoms with E-state index >= 15 is 0 Å². The van der Waals surface area contributed by atoms with Crippen molar-refractivity contribution in [3.8, 4) is 11.8 Å². The van der Waals surface area contributed by atoms with E-state index in [2.05, 4.69) is 10.3 Å². The van der Waals surface area contributed by atoms with Crippen LogP contribution in [0.4, 0.5) is 10.2 Å². The van der Waals surface area contributed by atoms with Gasteiger partial charge in [-0.25, -0.2) is 9.18 Å². The van der Waals surface area contributed by atoms with Crippen molar-refractivity contribution in [3.63, 3.8) is 0 Å². The van der Waals surface area contributed by atoms with Crippen LogP contribution >= 0.6 is 0 Å². The lowest BCUT2D eigenvalue weighted by atomic mass is 10.0. The van der Waals surface area contributed by atoms with Gasteiger partial charge in [0, 0.05) is 12.0 Å². The molecule has 2 atom stereocenters. The Morgan fingerprint density at radius 2 is 2.12 bits per heavy atom. The molecule has 0 radical (unpaired) electrons. The van der Waals surface area contributed by atoms with Crippen LogP contribution in [0.2, 0.25) is 0 Å². The van der Waals surface area contributed by atoms with E-state index in [0.29, 0.717) is 16.9 Å². The number of anilines is 1. The molecule has 3 rings (SSSR count). The molecular formula is C18H23FN6O. The number of nitrogens with one attached hydrogen (secondary N) is 2. The second-order valence-electron chi connectivity index (χ2n) is 5.54. The van der Waals surface area contributed by atoms with Crippen molar-refractivity contribution in [1.82, 2.24) is 14.9 Å². The molecule has 7 nitrogen and oxygen atoms in total. The van der Waals surface area contributed by atoms with Gasteiger partial charge in [-0.1, -0.05) is 26.0 Å². The summed E-state index contributed by atoms with van der Waals surface area (Å²) in [7, 11) is 0. The van der Waals surface area contributed by atoms with Gasteiger partial charge in [-0.2, -0.15) is 5.26 Å². The quantitative estimate of drug-likeness (QED) is 0.664. The van der Waals surface area contributed by atoms with Crippen molar-refractivity contribution in [2.45, 2.75) is 38.8 Å². The number of benzene rings is 1. The Balaban J connectivity index is 0.00000117. The first kappa shape index (κ1) is 19.3. The van der Waals surface area contributed by atoms with Crippen molar-refractivity contribution >= 4 is 5.82 Å². The predicted molar refractivity (Wildman–Crippen MR) is 99.0 cm³/mol. The van der Waals surface area contributed by atoms with E-state index in [4.69, 9.17) is 16.7 Å². The fourth-order valence-corrected chi connectivity index (χ4v) is 2.97. The number of H-pyrrole nitrogens is 1. The van der Waals surface area contributed by atoms with E-state index < -0.39 is 17.7 Å². The zero-order valence-electron chi connectivity index (χ0n) is 14.8. The highest BCUT2D eigenvalue weighted by molar-refractivity contribution is 5.51. The topological polar surface area (TPSA) is 126 Å². The van der Waals surface area contributed by atoms with Gasteiger partial charge in [0.05, 0.1) is 29.5 Å². The lowest BCUT2D eigenvalue weighted by Crippen LogP contribution is -2.36. The van der Waals surface area contributed by atoms with Crippen LogP contribution in [0, 0.1) is 17.1 Å². The van der Waals surface area contributed by atoms with Crippen LogP contribution in [-0.2, 0) is 6.42 Å². The van der Waals surface area contributed by atoms with Crippen molar-refractivity contribution in [2.75, 3.05) is 5.73 Å². The third-order valence-electron chi connectivity index (χ3n) is 4.08. The third-order valence-corrected chi connectivity index (χ3v) is 4.08. The Hall–Kier alpha value is -3.05. The summed E-state index contributed by atoms with van der Waals surface area (Å²) in [5.74, 6) is -0.620. The molecular weight excluding hydrogens is 335 g/mol. The van der Waals surface area contributed by atoms with Crippen LogP contribution in [0.15, 0.2) is 35.3 Å². The largest absolute Gasteiger partial charge is 0.384 e. The number of halogens is 1. The summed E-state index contributed by atoms with van der Waals surface area (Å²) in [5, 5.41) is 11.7. The van der Waals surface area contributed by atoms with Crippen LogP contribution in [0.25, 0.3) is 5.69 Å². The van der Waals surface area contributed by atoms with Crippen molar-refractivity contribution < 1.29 is 4.39 Å². The van der Waals surface area contributed by atoms with Gasteiger partial charge in [0.25, 0.3) is 0 Å². The standard InChI is InChI=1S/C16H17FN6O.C2H6/c17-11-4-1-5-12(9(11)3-2-7-18)23-13(15(20)22-16(23)24)10-6-8-21-14(10)19;1-2/h1,4-6,8,10,14,21H,2-3,19-20H2,(H,22,24);1-2H3. The maximum atomic E-state index is 14.3. The fourth-order valence-electron chi connectivity index (χ4n) is 2.97. The number of nitrogens with zero attached hydrogens (tertiary/aromatic N) is 2. The molecule has 1 aromatic heterocycles. The minimum atomic E-state index is -0.473. The van der Waals surface area contributed by atoms with Crippen LogP contribution in [0.3, 0.4) is 0 Å². The maximum absolute atomic E-state index is 14.3. The molecule has 2 aromatic rings. The molecule has 0 saturated carbocycles. The normalized spacial score (nSPS) is 18.0. The molecule has 0 bridgehead atoms. The zero-order valence-corrected chi connectivity index (χ0v) is 14.8. The van der Waals surface area contributed by atoms with Gasteiger partial charge < -0.3 is 16.8 Å². The van der Waals surface area contributed by atoms with Gasteiger partial charge in [0.2, 0.25) is 0 Å². The van der Waals surface area contributed by atoms with Gasteiger partial charge in [0.15, 0.2) is 0 Å². The number of nitrogens with two attached hydrogens (primary N) is 2. The van der Waals surface area contributed by atoms with Crippen molar-refractivity contribution in [2.24, 2.45) is 5.73 Å². The number of imidazole rings is 1. The third kappa shape index (κ3) is 3.48. The molecule has 1 aromatic carbocycles. The number of nitrogen functional groups attached to an aromatic ring is 1. The first-order valence-electron chi connectivity index (χ1n) is 8.48. The van der Waals surface area contributed by atoms with Gasteiger partial charge in [-0.3, -0.25) is 9.55 Å². The van der Waals surface area contributed by atoms with Crippen LogP contribution in [-0.4, -0.2) is 15.7 Å². The molecule has 2 unspecified atom stereocenters. The van der Waals surface area contributed by atoms with Crippen LogP contribution in [0.1, 0.15) is 37.4 Å². The van der Waals surface area contributed by atoms with Gasteiger partial charge in [-0.05, 0) is 24.8 Å². The lowest BCUT2D eigenvalue weighted by Gasteiger charge is -2.19. The first-order valence-corrected chi connectivity index (χ1v) is 8.48. The fraction of sp³-hybridized carbons (Fsp3) is 0.333. The molecule has 0 fully saturated rings. The molecule has 8 heteroatoms. The van der Waals surface area contributed by atoms with E-state index in [1.807, 2.05) is 19.9 Å². The summed E-state index contributed by atoms with van der Waals surface area (Å²) in [6, 6.07) is 6.44. The van der Waals surface area contributed by atoms with Gasteiger partial charge >= 0.3 is 5.69 Å². The molecule has 6 N–H and O–H groups in total.